The monoisotopic (exact) mass is 283 g/mol. The Morgan fingerprint density at radius 1 is 1.24 bits per heavy atom. The summed E-state index contributed by atoms with van der Waals surface area (Å²) < 4.78 is 5.51. The van der Waals surface area contributed by atoms with Gasteiger partial charge in [-0.25, -0.2) is 0 Å². The molecule has 2 aromatic carbocycles. The molecule has 0 bridgehead atoms. The van der Waals surface area contributed by atoms with Crippen molar-refractivity contribution in [3.8, 4) is 11.8 Å². The predicted molar refractivity (Wildman–Crippen MR) is 78.2 cm³/mol. The molecular formula is C15H13N3O3. The smallest absolute Gasteiger partial charge is 0.287 e. The van der Waals surface area contributed by atoms with Gasteiger partial charge in [0.15, 0.2) is 0 Å². The first-order valence-electron chi connectivity index (χ1n) is 6.31. The van der Waals surface area contributed by atoms with Gasteiger partial charge in [-0.05, 0) is 24.3 Å². The fraction of sp³-hybridized carbons (Fsp3) is 0.133. The van der Waals surface area contributed by atoms with E-state index in [4.69, 9.17) is 10.00 Å². The molecule has 1 N–H and O–H groups in total. The second kappa shape index (κ2) is 6.91. The molecule has 0 aromatic heterocycles. The van der Waals surface area contributed by atoms with Crippen LogP contribution in [0.25, 0.3) is 0 Å². The van der Waals surface area contributed by atoms with E-state index in [0.717, 1.165) is 5.75 Å². The van der Waals surface area contributed by atoms with Gasteiger partial charge in [0.25, 0.3) is 5.69 Å². The molecule has 2 aromatic rings. The van der Waals surface area contributed by atoms with Gasteiger partial charge in [0.1, 0.15) is 24.0 Å². The van der Waals surface area contributed by atoms with Crippen molar-refractivity contribution < 1.29 is 9.66 Å². The Hall–Kier alpha value is -3.07. The van der Waals surface area contributed by atoms with E-state index in [9.17, 15) is 10.1 Å². The van der Waals surface area contributed by atoms with Crippen LogP contribution in [0.3, 0.4) is 0 Å². The molecule has 0 aliphatic rings. The first-order chi connectivity index (χ1) is 10.2. The summed E-state index contributed by atoms with van der Waals surface area (Å²) >= 11 is 0. The van der Waals surface area contributed by atoms with Crippen LogP contribution in [0.5, 0.6) is 5.75 Å². The van der Waals surface area contributed by atoms with Crippen molar-refractivity contribution in [2.45, 2.75) is 0 Å². The van der Waals surface area contributed by atoms with E-state index in [0.29, 0.717) is 18.8 Å². The van der Waals surface area contributed by atoms with Gasteiger partial charge in [-0.2, -0.15) is 5.26 Å². The highest BCUT2D eigenvalue weighted by atomic mass is 16.6. The van der Waals surface area contributed by atoms with Crippen LogP contribution in [0, 0.1) is 21.4 Å². The minimum absolute atomic E-state index is 0.0361. The van der Waals surface area contributed by atoms with Gasteiger partial charge in [-0.15, -0.1) is 0 Å². The number of rotatable bonds is 6. The number of para-hydroxylation sites is 1. The Labute approximate surface area is 121 Å². The standard InChI is InChI=1S/C15H13N3O3/c16-11-12-10-13(6-7-15(12)18(19)20)17-8-9-21-14-4-2-1-3-5-14/h1-7,10,17H,8-9H2. The maximum absolute atomic E-state index is 10.7. The van der Waals surface area contributed by atoms with Crippen molar-refractivity contribution >= 4 is 11.4 Å². The lowest BCUT2D eigenvalue weighted by Crippen LogP contribution is -2.11. The van der Waals surface area contributed by atoms with Gasteiger partial charge in [0, 0.05) is 18.3 Å². The second-order valence-electron chi connectivity index (χ2n) is 4.19. The van der Waals surface area contributed by atoms with Crippen molar-refractivity contribution in [1.82, 2.24) is 0 Å². The first-order valence-corrected chi connectivity index (χ1v) is 6.31. The number of anilines is 1. The maximum atomic E-state index is 10.7. The highest BCUT2D eigenvalue weighted by Crippen LogP contribution is 2.21. The van der Waals surface area contributed by atoms with Crippen LogP contribution in [0.2, 0.25) is 0 Å². The number of nitriles is 1. The summed E-state index contributed by atoms with van der Waals surface area (Å²) in [6.07, 6.45) is 0. The molecule has 0 fully saturated rings. The Balaban J connectivity index is 1.89. The zero-order valence-corrected chi connectivity index (χ0v) is 11.2. The molecule has 6 nitrogen and oxygen atoms in total. The van der Waals surface area contributed by atoms with Gasteiger partial charge in [-0.1, -0.05) is 18.2 Å². The van der Waals surface area contributed by atoms with Gasteiger partial charge >= 0.3 is 0 Å². The quantitative estimate of drug-likeness (QED) is 0.500. The van der Waals surface area contributed by atoms with E-state index in [-0.39, 0.29) is 11.3 Å². The third kappa shape index (κ3) is 3.94. The SMILES string of the molecule is N#Cc1cc(NCCOc2ccccc2)ccc1[N+](=O)[O-]. The van der Waals surface area contributed by atoms with Crippen LogP contribution in [0.15, 0.2) is 48.5 Å². The largest absolute Gasteiger partial charge is 0.492 e. The maximum Gasteiger partial charge on any atom is 0.287 e. The third-order valence-electron chi connectivity index (χ3n) is 2.76. The van der Waals surface area contributed by atoms with Crippen LogP contribution in [0.1, 0.15) is 5.56 Å². The zero-order valence-electron chi connectivity index (χ0n) is 11.2. The number of nitrogens with zero attached hydrogens (tertiary/aromatic N) is 2. The second-order valence-corrected chi connectivity index (χ2v) is 4.19. The highest BCUT2D eigenvalue weighted by Gasteiger charge is 2.13. The molecule has 0 atom stereocenters. The van der Waals surface area contributed by atoms with Crippen LogP contribution < -0.4 is 10.1 Å². The topological polar surface area (TPSA) is 88.2 Å². The van der Waals surface area contributed by atoms with E-state index in [2.05, 4.69) is 5.32 Å². The average Bonchev–Trinajstić information content (AvgIpc) is 2.52. The summed E-state index contributed by atoms with van der Waals surface area (Å²) in [5.41, 5.74) is 0.492. The Kier molecular flexibility index (Phi) is 4.72. The molecular weight excluding hydrogens is 270 g/mol. The van der Waals surface area contributed by atoms with Crippen molar-refractivity contribution in [2.24, 2.45) is 0 Å². The minimum Gasteiger partial charge on any atom is -0.492 e. The molecule has 21 heavy (non-hydrogen) atoms. The van der Waals surface area contributed by atoms with Gasteiger partial charge in [0.05, 0.1) is 4.92 Å². The number of hydrogen-bond acceptors (Lipinski definition) is 5. The molecule has 0 radical (unpaired) electrons. The number of nitro groups is 1. The van der Waals surface area contributed by atoms with Gasteiger partial charge in [-0.3, -0.25) is 10.1 Å². The minimum atomic E-state index is -0.569. The van der Waals surface area contributed by atoms with Crippen molar-refractivity contribution in [3.05, 3.63) is 64.2 Å². The summed E-state index contributed by atoms with van der Waals surface area (Å²) in [7, 11) is 0. The molecule has 0 saturated carbocycles. The normalized spacial score (nSPS) is 9.67. The molecule has 0 unspecified atom stereocenters. The molecule has 0 saturated heterocycles. The number of nitro benzene ring substituents is 1. The summed E-state index contributed by atoms with van der Waals surface area (Å²) in [5, 5.41) is 22.7. The zero-order chi connectivity index (χ0) is 15.1. The van der Waals surface area contributed by atoms with Crippen molar-refractivity contribution in [3.63, 3.8) is 0 Å². The van der Waals surface area contributed by atoms with E-state index >= 15 is 0 Å². The fourth-order valence-electron chi connectivity index (χ4n) is 1.78. The number of hydrogen-bond donors (Lipinski definition) is 1. The van der Waals surface area contributed by atoms with Crippen LogP contribution in [-0.2, 0) is 0 Å². The van der Waals surface area contributed by atoms with Crippen LogP contribution in [-0.4, -0.2) is 18.1 Å². The van der Waals surface area contributed by atoms with Crippen molar-refractivity contribution in [2.75, 3.05) is 18.5 Å². The first kappa shape index (κ1) is 14.3. The lowest BCUT2D eigenvalue weighted by Gasteiger charge is -2.08. The molecule has 0 heterocycles. The molecule has 0 amide bonds. The predicted octanol–water partition coefficient (Wildman–Crippen LogP) is 2.96. The molecule has 0 spiro atoms. The average molecular weight is 283 g/mol. The third-order valence-corrected chi connectivity index (χ3v) is 2.76. The number of nitrogens with one attached hydrogen (secondary N) is 1. The molecule has 0 aliphatic heterocycles. The Bertz CT molecular complexity index is 666. The lowest BCUT2D eigenvalue weighted by atomic mass is 10.2. The fourth-order valence-corrected chi connectivity index (χ4v) is 1.78. The summed E-state index contributed by atoms with van der Waals surface area (Å²) in [5.74, 6) is 0.778. The Morgan fingerprint density at radius 3 is 2.67 bits per heavy atom. The summed E-state index contributed by atoms with van der Waals surface area (Å²) in [6.45, 7) is 0.973. The van der Waals surface area contributed by atoms with Gasteiger partial charge in [0.2, 0.25) is 0 Å². The molecule has 2 rings (SSSR count). The summed E-state index contributed by atoms with van der Waals surface area (Å²) in [6, 6.07) is 15.6. The van der Waals surface area contributed by atoms with E-state index < -0.39 is 4.92 Å². The number of benzene rings is 2. The van der Waals surface area contributed by atoms with Crippen LogP contribution >= 0.6 is 0 Å². The molecule has 6 heteroatoms. The number of ether oxygens (including phenoxy) is 1. The molecule has 106 valence electrons. The molecule has 0 aliphatic carbocycles. The van der Waals surface area contributed by atoms with Crippen molar-refractivity contribution in [1.29, 1.82) is 5.26 Å². The van der Waals surface area contributed by atoms with E-state index in [1.807, 2.05) is 36.4 Å². The summed E-state index contributed by atoms with van der Waals surface area (Å²) in [4.78, 5) is 10.2. The van der Waals surface area contributed by atoms with Crippen LogP contribution in [0.4, 0.5) is 11.4 Å². The lowest BCUT2D eigenvalue weighted by molar-refractivity contribution is -0.385. The van der Waals surface area contributed by atoms with E-state index in [1.165, 1.54) is 12.1 Å². The van der Waals surface area contributed by atoms with Gasteiger partial charge < -0.3 is 10.1 Å². The van der Waals surface area contributed by atoms with E-state index in [1.54, 1.807) is 6.07 Å². The highest BCUT2D eigenvalue weighted by molar-refractivity contribution is 5.58. The Morgan fingerprint density at radius 2 is 2.00 bits per heavy atom.